The Labute approximate surface area is 118 Å². The normalized spacial score (nSPS) is 10.4. The molecular weight excluding hydrogens is 284 g/mol. The van der Waals surface area contributed by atoms with E-state index in [1.54, 1.807) is 0 Å². The Morgan fingerprint density at radius 2 is 1.76 bits per heavy atom. The van der Waals surface area contributed by atoms with Gasteiger partial charge in [0.25, 0.3) is 5.91 Å². The predicted molar refractivity (Wildman–Crippen MR) is 70.8 cm³/mol. The summed E-state index contributed by atoms with van der Waals surface area (Å²) in [5.74, 6) is -1.17. The molecule has 0 saturated heterocycles. The van der Waals surface area contributed by atoms with Gasteiger partial charge in [-0.25, -0.2) is 0 Å². The van der Waals surface area contributed by atoms with Crippen LogP contribution in [0.5, 0.6) is 17.2 Å². The number of hydrogen-bond donors (Lipinski definition) is 3. The smallest absolute Gasteiger partial charge is 0.387 e. The fourth-order valence-corrected chi connectivity index (χ4v) is 1.63. The van der Waals surface area contributed by atoms with Crippen LogP contribution < -0.4 is 10.1 Å². The molecule has 0 radical (unpaired) electrons. The van der Waals surface area contributed by atoms with Crippen LogP contribution in [-0.2, 0) is 0 Å². The lowest BCUT2D eigenvalue weighted by Gasteiger charge is -2.08. The monoisotopic (exact) mass is 295 g/mol. The van der Waals surface area contributed by atoms with Crippen LogP contribution in [0.4, 0.5) is 14.5 Å². The second-order valence-corrected chi connectivity index (χ2v) is 4.06. The lowest BCUT2D eigenvalue weighted by atomic mass is 10.1. The van der Waals surface area contributed by atoms with Gasteiger partial charge in [0.1, 0.15) is 17.2 Å². The van der Waals surface area contributed by atoms with Gasteiger partial charge in [-0.05, 0) is 36.4 Å². The topological polar surface area (TPSA) is 78.8 Å². The maximum atomic E-state index is 12.0. The molecule has 5 nitrogen and oxygen atoms in total. The molecule has 0 bridgehead atoms. The van der Waals surface area contributed by atoms with E-state index in [9.17, 15) is 18.7 Å². The molecule has 0 aromatic heterocycles. The second kappa shape index (κ2) is 6.08. The number of benzene rings is 2. The number of phenols is 2. The molecule has 1 amide bonds. The Bertz CT molecular complexity index is 644. The number of aromatic hydroxyl groups is 2. The van der Waals surface area contributed by atoms with E-state index in [0.29, 0.717) is 5.69 Å². The van der Waals surface area contributed by atoms with Gasteiger partial charge in [-0.1, -0.05) is 0 Å². The zero-order valence-electron chi connectivity index (χ0n) is 10.6. The average molecular weight is 295 g/mol. The van der Waals surface area contributed by atoms with Gasteiger partial charge in [0.2, 0.25) is 0 Å². The first-order valence-electron chi connectivity index (χ1n) is 5.84. The van der Waals surface area contributed by atoms with Gasteiger partial charge in [-0.15, -0.1) is 0 Å². The van der Waals surface area contributed by atoms with Gasteiger partial charge in [0, 0.05) is 11.8 Å². The molecule has 2 aromatic rings. The fourth-order valence-electron chi connectivity index (χ4n) is 1.63. The van der Waals surface area contributed by atoms with E-state index in [0.717, 1.165) is 6.07 Å². The highest BCUT2D eigenvalue weighted by Crippen LogP contribution is 2.24. The van der Waals surface area contributed by atoms with Crippen LogP contribution in [0.1, 0.15) is 10.4 Å². The summed E-state index contributed by atoms with van der Waals surface area (Å²) in [6, 6.07) is 8.87. The van der Waals surface area contributed by atoms with Crippen LogP contribution in [0.3, 0.4) is 0 Å². The molecule has 0 heterocycles. The first-order chi connectivity index (χ1) is 9.95. The van der Waals surface area contributed by atoms with E-state index in [2.05, 4.69) is 10.1 Å². The summed E-state index contributed by atoms with van der Waals surface area (Å²) in [6.45, 7) is -2.92. The van der Waals surface area contributed by atoms with Crippen molar-refractivity contribution in [3.05, 3.63) is 48.0 Å². The van der Waals surface area contributed by atoms with E-state index in [1.807, 2.05) is 0 Å². The molecule has 0 spiro atoms. The van der Waals surface area contributed by atoms with E-state index >= 15 is 0 Å². The molecule has 0 atom stereocenters. The minimum atomic E-state index is -2.92. The van der Waals surface area contributed by atoms with Crippen molar-refractivity contribution >= 4 is 11.6 Å². The molecule has 0 aliphatic rings. The molecule has 0 aliphatic heterocycles. The lowest BCUT2D eigenvalue weighted by Crippen LogP contribution is -2.12. The summed E-state index contributed by atoms with van der Waals surface area (Å²) in [4.78, 5) is 11.9. The molecule has 110 valence electrons. The Morgan fingerprint density at radius 3 is 2.33 bits per heavy atom. The summed E-state index contributed by atoms with van der Waals surface area (Å²) in [5, 5.41) is 21.2. The molecule has 7 heteroatoms. The summed E-state index contributed by atoms with van der Waals surface area (Å²) < 4.78 is 28.2. The molecule has 0 fully saturated rings. The lowest BCUT2D eigenvalue weighted by molar-refractivity contribution is -0.0498. The Balaban J connectivity index is 2.08. The van der Waals surface area contributed by atoms with Crippen LogP contribution >= 0.6 is 0 Å². The molecule has 0 unspecified atom stereocenters. The van der Waals surface area contributed by atoms with Crippen LogP contribution in [-0.4, -0.2) is 22.7 Å². The SMILES string of the molecule is O=C(Nc1ccc(OC(F)F)cc1)c1ccc(O)cc1O. The van der Waals surface area contributed by atoms with Crippen LogP contribution in [0.2, 0.25) is 0 Å². The van der Waals surface area contributed by atoms with Gasteiger partial charge >= 0.3 is 6.61 Å². The number of anilines is 1. The number of nitrogens with one attached hydrogen (secondary N) is 1. The van der Waals surface area contributed by atoms with Gasteiger partial charge in [-0.3, -0.25) is 4.79 Å². The minimum absolute atomic E-state index is 0.0271. The van der Waals surface area contributed by atoms with E-state index in [1.165, 1.54) is 36.4 Å². The Hall–Kier alpha value is -2.83. The van der Waals surface area contributed by atoms with Gasteiger partial charge in [0.05, 0.1) is 5.56 Å². The first-order valence-corrected chi connectivity index (χ1v) is 5.84. The summed E-state index contributed by atoms with van der Waals surface area (Å²) >= 11 is 0. The van der Waals surface area contributed by atoms with Gasteiger partial charge in [-0.2, -0.15) is 8.78 Å². The Kier molecular flexibility index (Phi) is 4.22. The van der Waals surface area contributed by atoms with Crippen molar-refractivity contribution in [2.75, 3.05) is 5.32 Å². The number of hydrogen-bond acceptors (Lipinski definition) is 4. The average Bonchev–Trinajstić information content (AvgIpc) is 2.40. The van der Waals surface area contributed by atoms with Crippen LogP contribution in [0.25, 0.3) is 0 Å². The number of carbonyl (C=O) groups excluding carboxylic acids is 1. The van der Waals surface area contributed by atoms with Crippen LogP contribution in [0, 0.1) is 0 Å². The second-order valence-electron chi connectivity index (χ2n) is 4.06. The van der Waals surface area contributed by atoms with E-state index < -0.39 is 12.5 Å². The number of amides is 1. The molecule has 3 N–H and O–H groups in total. The third kappa shape index (κ3) is 3.82. The maximum absolute atomic E-state index is 12.0. The summed E-state index contributed by atoms with van der Waals surface area (Å²) in [7, 11) is 0. The highest BCUT2D eigenvalue weighted by Gasteiger charge is 2.12. The number of halogens is 2. The molecular formula is C14H11F2NO4. The molecule has 21 heavy (non-hydrogen) atoms. The number of ether oxygens (including phenoxy) is 1. The zero-order chi connectivity index (χ0) is 15.4. The van der Waals surface area contributed by atoms with Gasteiger partial charge < -0.3 is 20.3 Å². The standard InChI is InChI=1S/C14H11F2NO4/c15-14(16)21-10-4-1-8(2-5-10)17-13(20)11-6-3-9(18)7-12(11)19/h1-7,14,18-19H,(H,17,20). The first kappa shape index (κ1) is 14.6. The fraction of sp³-hybridized carbons (Fsp3) is 0.0714. The van der Waals surface area contributed by atoms with Gasteiger partial charge in [0.15, 0.2) is 0 Å². The highest BCUT2D eigenvalue weighted by atomic mass is 19.3. The Morgan fingerprint density at radius 1 is 1.10 bits per heavy atom. The summed E-state index contributed by atoms with van der Waals surface area (Å²) in [5.41, 5.74) is 0.315. The van der Waals surface area contributed by atoms with E-state index in [4.69, 9.17) is 5.11 Å². The minimum Gasteiger partial charge on any atom is -0.508 e. The van der Waals surface area contributed by atoms with Crippen molar-refractivity contribution in [1.82, 2.24) is 0 Å². The highest BCUT2D eigenvalue weighted by molar-refractivity contribution is 6.06. The van der Waals surface area contributed by atoms with E-state index in [-0.39, 0.29) is 22.8 Å². The van der Waals surface area contributed by atoms with Crippen molar-refractivity contribution in [1.29, 1.82) is 0 Å². The predicted octanol–water partition coefficient (Wildman–Crippen LogP) is 2.95. The van der Waals surface area contributed by atoms with Crippen molar-refractivity contribution < 1.29 is 28.5 Å². The van der Waals surface area contributed by atoms with Crippen LogP contribution in [0.15, 0.2) is 42.5 Å². The zero-order valence-corrected chi connectivity index (χ0v) is 10.6. The quantitative estimate of drug-likeness (QED) is 0.810. The molecule has 0 aliphatic carbocycles. The largest absolute Gasteiger partial charge is 0.508 e. The molecule has 2 rings (SSSR count). The van der Waals surface area contributed by atoms with Crippen molar-refractivity contribution in [2.24, 2.45) is 0 Å². The maximum Gasteiger partial charge on any atom is 0.387 e. The number of alkyl halides is 2. The molecule has 0 saturated carbocycles. The summed E-state index contributed by atoms with van der Waals surface area (Å²) in [6.07, 6.45) is 0. The van der Waals surface area contributed by atoms with Crippen molar-refractivity contribution in [3.63, 3.8) is 0 Å². The third-order valence-corrected chi connectivity index (χ3v) is 2.56. The number of rotatable bonds is 4. The molecule has 2 aromatic carbocycles. The number of phenolic OH excluding ortho intramolecular Hbond substituents is 2. The third-order valence-electron chi connectivity index (χ3n) is 2.56. The number of carbonyl (C=O) groups is 1. The van der Waals surface area contributed by atoms with Crippen molar-refractivity contribution in [2.45, 2.75) is 6.61 Å². The van der Waals surface area contributed by atoms with Crippen molar-refractivity contribution in [3.8, 4) is 17.2 Å².